The molecule has 0 atom stereocenters. The number of hydrogen-bond donors (Lipinski definition) is 1. The predicted molar refractivity (Wildman–Crippen MR) is 68.0 cm³/mol. The van der Waals surface area contributed by atoms with Crippen molar-refractivity contribution in [2.75, 3.05) is 0 Å². The van der Waals surface area contributed by atoms with Gasteiger partial charge in [-0.3, -0.25) is 0 Å². The van der Waals surface area contributed by atoms with Gasteiger partial charge in [0.2, 0.25) is 5.75 Å². The third-order valence-corrected chi connectivity index (χ3v) is 2.59. The molecule has 5 heteroatoms. The lowest BCUT2D eigenvalue weighted by Gasteiger charge is -2.05. The lowest BCUT2D eigenvalue weighted by molar-refractivity contribution is -0.355. The number of hydrogen-bond acceptors (Lipinski definition) is 2. The Morgan fingerprint density at radius 3 is 2.50 bits per heavy atom. The van der Waals surface area contributed by atoms with Gasteiger partial charge < -0.3 is 10.3 Å². The van der Waals surface area contributed by atoms with Gasteiger partial charge in [0.25, 0.3) is 5.69 Å². The van der Waals surface area contributed by atoms with E-state index in [9.17, 15) is 14.7 Å². The molecular weight excluding hydrogens is 257 g/mol. The minimum Gasteiger partial charge on any atom is -0.618 e. The normalized spacial score (nSPS) is 11.6. The highest BCUT2D eigenvalue weighted by atomic mass is 35.5. The SMILES string of the molecule is [O-][N+](=Cc1ccc(Cl)cc1)c1cccc(F)c1O. The molecule has 0 unspecified atom stereocenters. The first-order chi connectivity index (χ1) is 8.58. The maximum Gasteiger partial charge on any atom is 0.261 e. The molecule has 1 N–H and O–H groups in total. The van der Waals surface area contributed by atoms with Gasteiger partial charge in [0.1, 0.15) is 0 Å². The van der Waals surface area contributed by atoms with Crippen LogP contribution in [0.15, 0.2) is 42.5 Å². The summed E-state index contributed by atoms with van der Waals surface area (Å²) < 4.78 is 13.5. The van der Waals surface area contributed by atoms with Crippen molar-refractivity contribution >= 4 is 23.5 Å². The molecule has 18 heavy (non-hydrogen) atoms. The van der Waals surface area contributed by atoms with Crippen LogP contribution in [0.5, 0.6) is 5.75 Å². The summed E-state index contributed by atoms with van der Waals surface area (Å²) in [6.45, 7) is 0. The van der Waals surface area contributed by atoms with Crippen LogP contribution < -0.4 is 0 Å². The molecule has 92 valence electrons. The highest BCUT2D eigenvalue weighted by Crippen LogP contribution is 2.27. The maximum atomic E-state index is 13.1. The largest absolute Gasteiger partial charge is 0.618 e. The van der Waals surface area contributed by atoms with E-state index in [1.54, 1.807) is 24.3 Å². The molecule has 0 radical (unpaired) electrons. The minimum atomic E-state index is -0.835. The van der Waals surface area contributed by atoms with Crippen LogP contribution in [-0.4, -0.2) is 16.1 Å². The lowest BCUT2D eigenvalue weighted by atomic mass is 10.2. The Kier molecular flexibility index (Phi) is 3.48. The van der Waals surface area contributed by atoms with Crippen LogP contribution in [0.2, 0.25) is 5.02 Å². The predicted octanol–water partition coefficient (Wildman–Crippen LogP) is 3.45. The first kappa shape index (κ1) is 12.4. The van der Waals surface area contributed by atoms with Crippen molar-refractivity contribution < 1.29 is 14.2 Å². The molecular formula is C13H9ClFNO2. The van der Waals surface area contributed by atoms with E-state index < -0.39 is 11.6 Å². The Hall–Kier alpha value is -2.07. The van der Waals surface area contributed by atoms with Crippen LogP contribution in [0.25, 0.3) is 0 Å². The molecule has 2 aromatic carbocycles. The second-order valence-electron chi connectivity index (χ2n) is 3.61. The van der Waals surface area contributed by atoms with Gasteiger partial charge in [-0.1, -0.05) is 17.7 Å². The van der Waals surface area contributed by atoms with Gasteiger partial charge in [-0.15, -0.1) is 0 Å². The average molecular weight is 266 g/mol. The zero-order chi connectivity index (χ0) is 13.1. The summed E-state index contributed by atoms with van der Waals surface area (Å²) >= 11 is 5.72. The molecule has 0 saturated heterocycles. The van der Waals surface area contributed by atoms with Gasteiger partial charge in [0.15, 0.2) is 12.0 Å². The molecule has 0 aromatic heterocycles. The molecule has 0 heterocycles. The van der Waals surface area contributed by atoms with Crippen molar-refractivity contribution in [2.45, 2.75) is 0 Å². The Labute approximate surface area is 108 Å². The highest BCUT2D eigenvalue weighted by molar-refractivity contribution is 6.30. The van der Waals surface area contributed by atoms with Crippen molar-refractivity contribution in [3.8, 4) is 5.75 Å². The Morgan fingerprint density at radius 1 is 1.17 bits per heavy atom. The summed E-state index contributed by atoms with van der Waals surface area (Å²) in [6, 6.07) is 10.3. The van der Waals surface area contributed by atoms with Gasteiger partial charge in [0, 0.05) is 16.7 Å². The van der Waals surface area contributed by atoms with Crippen molar-refractivity contribution in [3.63, 3.8) is 0 Å². The summed E-state index contributed by atoms with van der Waals surface area (Å²) in [4.78, 5) is 0. The number of phenols is 1. The number of rotatable bonds is 2. The van der Waals surface area contributed by atoms with Gasteiger partial charge in [-0.05, 0) is 30.3 Å². The van der Waals surface area contributed by atoms with E-state index in [2.05, 4.69) is 0 Å². The molecule has 2 rings (SSSR count). The number of benzene rings is 2. The topological polar surface area (TPSA) is 46.3 Å². The van der Waals surface area contributed by atoms with Crippen molar-refractivity contribution in [3.05, 3.63) is 64.1 Å². The van der Waals surface area contributed by atoms with E-state index >= 15 is 0 Å². The smallest absolute Gasteiger partial charge is 0.261 e. The second kappa shape index (κ2) is 5.06. The van der Waals surface area contributed by atoms with Crippen molar-refractivity contribution in [1.82, 2.24) is 0 Å². The molecule has 0 aliphatic rings. The Morgan fingerprint density at radius 2 is 1.83 bits per heavy atom. The van der Waals surface area contributed by atoms with Crippen LogP contribution in [-0.2, 0) is 0 Å². The molecule has 0 bridgehead atoms. The quantitative estimate of drug-likeness (QED) is 0.391. The molecule has 2 aromatic rings. The summed E-state index contributed by atoms with van der Waals surface area (Å²) in [6.07, 6.45) is 1.23. The van der Waals surface area contributed by atoms with Gasteiger partial charge in [-0.2, -0.15) is 4.74 Å². The van der Waals surface area contributed by atoms with E-state index in [1.807, 2.05) is 0 Å². The van der Waals surface area contributed by atoms with Gasteiger partial charge in [0.05, 0.1) is 0 Å². The van der Waals surface area contributed by atoms with Gasteiger partial charge in [-0.25, -0.2) is 4.39 Å². The molecule has 0 spiro atoms. The Balaban J connectivity index is 2.39. The van der Waals surface area contributed by atoms with E-state index in [-0.39, 0.29) is 5.69 Å². The standard InChI is InChI=1S/C13H9ClFNO2/c14-10-6-4-9(5-7-10)8-16(18)12-3-1-2-11(15)13(12)17/h1-8,17H. The molecule has 0 amide bonds. The third-order valence-electron chi connectivity index (χ3n) is 2.34. The fourth-order valence-corrected chi connectivity index (χ4v) is 1.56. The second-order valence-corrected chi connectivity index (χ2v) is 4.05. The van der Waals surface area contributed by atoms with Crippen molar-refractivity contribution in [2.24, 2.45) is 0 Å². The summed E-state index contributed by atoms with van der Waals surface area (Å²) in [5.41, 5.74) is 0.447. The number of halogens is 2. The molecule has 0 aliphatic carbocycles. The maximum absolute atomic E-state index is 13.1. The van der Waals surface area contributed by atoms with Crippen LogP contribution in [0.3, 0.4) is 0 Å². The van der Waals surface area contributed by atoms with Gasteiger partial charge >= 0.3 is 0 Å². The molecule has 0 aliphatic heterocycles. The molecule has 0 saturated carbocycles. The number of para-hydroxylation sites is 1. The summed E-state index contributed by atoms with van der Waals surface area (Å²) in [7, 11) is 0. The zero-order valence-electron chi connectivity index (χ0n) is 9.18. The zero-order valence-corrected chi connectivity index (χ0v) is 9.93. The van der Waals surface area contributed by atoms with Crippen molar-refractivity contribution in [1.29, 1.82) is 0 Å². The number of nitrogens with zero attached hydrogens (tertiary/aromatic N) is 1. The molecule has 0 fully saturated rings. The van der Waals surface area contributed by atoms with E-state index in [1.165, 1.54) is 18.3 Å². The monoisotopic (exact) mass is 265 g/mol. The Bertz CT molecular complexity index is 596. The van der Waals surface area contributed by atoms with E-state index in [4.69, 9.17) is 11.6 Å². The lowest BCUT2D eigenvalue weighted by Crippen LogP contribution is -1.99. The first-order valence-corrected chi connectivity index (χ1v) is 5.50. The highest BCUT2D eigenvalue weighted by Gasteiger charge is 2.13. The van der Waals surface area contributed by atoms with Crippen LogP contribution in [0.1, 0.15) is 5.56 Å². The summed E-state index contributed by atoms with van der Waals surface area (Å²) in [5, 5.41) is 21.8. The summed E-state index contributed by atoms with van der Waals surface area (Å²) in [5.74, 6) is -1.50. The number of aromatic hydroxyl groups is 1. The number of phenolic OH excluding ortho intramolecular Hbond substituents is 1. The fourth-order valence-electron chi connectivity index (χ4n) is 1.44. The van der Waals surface area contributed by atoms with E-state index in [0.29, 0.717) is 15.3 Å². The van der Waals surface area contributed by atoms with Crippen LogP contribution in [0, 0.1) is 11.0 Å². The first-order valence-electron chi connectivity index (χ1n) is 5.12. The minimum absolute atomic E-state index is 0.148. The van der Waals surface area contributed by atoms with E-state index in [0.717, 1.165) is 6.07 Å². The van der Waals surface area contributed by atoms with Crippen LogP contribution >= 0.6 is 11.6 Å². The fraction of sp³-hybridized carbons (Fsp3) is 0. The third kappa shape index (κ3) is 2.60. The van der Waals surface area contributed by atoms with Crippen LogP contribution in [0.4, 0.5) is 10.1 Å². The average Bonchev–Trinajstić information content (AvgIpc) is 2.35. The molecule has 3 nitrogen and oxygen atoms in total.